The second kappa shape index (κ2) is 5.59. The molecule has 1 saturated carbocycles. The van der Waals surface area contributed by atoms with Crippen molar-refractivity contribution in [3.63, 3.8) is 0 Å². The molecule has 0 radical (unpaired) electrons. The van der Waals surface area contributed by atoms with Gasteiger partial charge >= 0.3 is 0 Å². The Kier molecular flexibility index (Phi) is 3.82. The van der Waals surface area contributed by atoms with Gasteiger partial charge in [-0.3, -0.25) is 0 Å². The van der Waals surface area contributed by atoms with Crippen molar-refractivity contribution >= 4 is 10.0 Å². The van der Waals surface area contributed by atoms with Crippen molar-refractivity contribution in [3.8, 4) is 11.5 Å². The maximum atomic E-state index is 12.1. The van der Waals surface area contributed by atoms with Crippen LogP contribution in [0.4, 0.5) is 0 Å². The number of ether oxygens (including phenoxy) is 2. The van der Waals surface area contributed by atoms with E-state index in [1.807, 2.05) is 0 Å². The second-order valence-electron chi connectivity index (χ2n) is 4.93. The van der Waals surface area contributed by atoms with E-state index in [9.17, 15) is 8.42 Å². The van der Waals surface area contributed by atoms with Crippen molar-refractivity contribution in [3.05, 3.63) is 18.2 Å². The van der Waals surface area contributed by atoms with Gasteiger partial charge in [0, 0.05) is 25.2 Å². The third-order valence-corrected chi connectivity index (χ3v) is 4.71. The van der Waals surface area contributed by atoms with Gasteiger partial charge in [0.2, 0.25) is 10.0 Å². The largest absolute Gasteiger partial charge is 0.486 e. The molecular formula is C13H18N2O4S. The summed E-state index contributed by atoms with van der Waals surface area (Å²) in [4.78, 5) is 0.202. The number of sulfonamides is 1. The van der Waals surface area contributed by atoms with E-state index in [4.69, 9.17) is 9.47 Å². The van der Waals surface area contributed by atoms with E-state index in [0.717, 1.165) is 0 Å². The smallest absolute Gasteiger partial charge is 0.240 e. The van der Waals surface area contributed by atoms with E-state index >= 15 is 0 Å². The molecule has 0 aromatic heterocycles. The molecule has 0 saturated heterocycles. The molecule has 1 aliphatic carbocycles. The number of fused-ring (bicyclic) bond motifs is 1. The fourth-order valence-electron chi connectivity index (χ4n) is 2.02. The van der Waals surface area contributed by atoms with Crippen LogP contribution in [-0.4, -0.2) is 40.8 Å². The third-order valence-electron chi connectivity index (χ3n) is 3.25. The Morgan fingerprint density at radius 2 is 1.85 bits per heavy atom. The van der Waals surface area contributed by atoms with Crippen LogP contribution in [0.25, 0.3) is 0 Å². The Labute approximate surface area is 118 Å². The molecule has 0 atom stereocenters. The van der Waals surface area contributed by atoms with Gasteiger partial charge in [-0.05, 0) is 25.0 Å². The normalized spacial score (nSPS) is 18.0. The summed E-state index contributed by atoms with van der Waals surface area (Å²) in [6.07, 6.45) is 2.38. The predicted octanol–water partition coefficient (Wildman–Crippen LogP) is 0.488. The van der Waals surface area contributed by atoms with E-state index in [2.05, 4.69) is 10.0 Å². The van der Waals surface area contributed by atoms with Crippen molar-refractivity contribution in [2.45, 2.75) is 23.8 Å². The average Bonchev–Trinajstić information content (AvgIpc) is 3.27. The first-order chi connectivity index (χ1) is 9.65. The van der Waals surface area contributed by atoms with Crippen LogP contribution in [0, 0.1) is 0 Å². The molecule has 0 amide bonds. The second-order valence-corrected chi connectivity index (χ2v) is 6.70. The molecule has 1 heterocycles. The van der Waals surface area contributed by atoms with Crippen molar-refractivity contribution in [1.82, 2.24) is 10.0 Å². The molecule has 20 heavy (non-hydrogen) atoms. The summed E-state index contributed by atoms with van der Waals surface area (Å²) in [7, 11) is -3.50. The summed E-state index contributed by atoms with van der Waals surface area (Å²) >= 11 is 0. The van der Waals surface area contributed by atoms with Gasteiger partial charge in [-0.1, -0.05) is 0 Å². The van der Waals surface area contributed by atoms with Crippen LogP contribution in [0.1, 0.15) is 12.8 Å². The van der Waals surface area contributed by atoms with Crippen molar-refractivity contribution < 1.29 is 17.9 Å². The summed E-state index contributed by atoms with van der Waals surface area (Å²) < 4.78 is 37.6. The summed E-state index contributed by atoms with van der Waals surface area (Å²) in [5, 5.41) is 3.26. The topological polar surface area (TPSA) is 76.7 Å². The van der Waals surface area contributed by atoms with Crippen molar-refractivity contribution in [2.75, 3.05) is 26.3 Å². The highest BCUT2D eigenvalue weighted by Crippen LogP contribution is 2.32. The van der Waals surface area contributed by atoms with E-state index in [-0.39, 0.29) is 4.90 Å². The molecule has 1 aliphatic heterocycles. The molecule has 1 fully saturated rings. The van der Waals surface area contributed by atoms with Gasteiger partial charge in [0.25, 0.3) is 0 Å². The Morgan fingerprint density at radius 1 is 1.10 bits per heavy atom. The van der Waals surface area contributed by atoms with Gasteiger partial charge in [-0.15, -0.1) is 0 Å². The number of nitrogens with one attached hydrogen (secondary N) is 2. The summed E-state index contributed by atoms with van der Waals surface area (Å²) in [5.74, 6) is 1.07. The Morgan fingerprint density at radius 3 is 2.60 bits per heavy atom. The molecule has 2 aliphatic rings. The zero-order valence-electron chi connectivity index (χ0n) is 11.1. The molecule has 110 valence electrons. The average molecular weight is 298 g/mol. The number of hydrogen-bond donors (Lipinski definition) is 2. The molecule has 7 heteroatoms. The van der Waals surface area contributed by atoms with Crippen LogP contribution < -0.4 is 19.5 Å². The van der Waals surface area contributed by atoms with Crippen molar-refractivity contribution in [1.29, 1.82) is 0 Å². The highest BCUT2D eigenvalue weighted by molar-refractivity contribution is 7.89. The molecule has 3 rings (SSSR count). The maximum absolute atomic E-state index is 12.1. The fourth-order valence-corrected chi connectivity index (χ4v) is 3.07. The quantitative estimate of drug-likeness (QED) is 0.747. The summed E-state index contributed by atoms with van der Waals surface area (Å²) in [6.45, 7) is 1.96. The molecule has 2 N–H and O–H groups in total. The standard InChI is InChI=1S/C13H18N2O4S/c16-20(17,15-6-5-14-10-1-2-10)11-3-4-12-13(9-11)19-8-7-18-12/h3-4,9-10,14-15H,1-2,5-8H2. The molecular weight excluding hydrogens is 280 g/mol. The minimum Gasteiger partial charge on any atom is -0.486 e. The van der Waals surface area contributed by atoms with Crippen LogP contribution in [0.15, 0.2) is 23.1 Å². The number of rotatable bonds is 6. The van der Waals surface area contributed by atoms with Crippen LogP contribution in [0.3, 0.4) is 0 Å². The van der Waals surface area contributed by atoms with Crippen LogP contribution in [-0.2, 0) is 10.0 Å². The molecule has 0 bridgehead atoms. The maximum Gasteiger partial charge on any atom is 0.240 e. The van der Waals surface area contributed by atoms with Gasteiger partial charge in [0.05, 0.1) is 4.90 Å². The van der Waals surface area contributed by atoms with E-state index < -0.39 is 10.0 Å². The minimum atomic E-state index is -3.50. The first-order valence-electron chi connectivity index (χ1n) is 6.78. The van der Waals surface area contributed by atoms with Crippen LogP contribution in [0.5, 0.6) is 11.5 Å². The minimum absolute atomic E-state index is 0.202. The Bertz CT molecular complexity index is 584. The summed E-state index contributed by atoms with van der Waals surface area (Å²) in [6, 6.07) is 5.25. The van der Waals surface area contributed by atoms with E-state index in [1.54, 1.807) is 6.07 Å². The summed E-state index contributed by atoms with van der Waals surface area (Å²) in [5.41, 5.74) is 0. The van der Waals surface area contributed by atoms with E-state index in [0.29, 0.717) is 43.8 Å². The monoisotopic (exact) mass is 298 g/mol. The third kappa shape index (κ3) is 3.23. The van der Waals surface area contributed by atoms with Crippen LogP contribution >= 0.6 is 0 Å². The first-order valence-corrected chi connectivity index (χ1v) is 8.26. The van der Waals surface area contributed by atoms with Gasteiger partial charge < -0.3 is 14.8 Å². The lowest BCUT2D eigenvalue weighted by molar-refractivity contribution is 0.171. The molecule has 0 spiro atoms. The SMILES string of the molecule is O=S(=O)(NCCNC1CC1)c1ccc2c(c1)OCCO2. The lowest BCUT2D eigenvalue weighted by Crippen LogP contribution is -2.32. The lowest BCUT2D eigenvalue weighted by Gasteiger charge is -2.18. The van der Waals surface area contributed by atoms with Gasteiger partial charge in [-0.2, -0.15) is 0 Å². The molecule has 6 nitrogen and oxygen atoms in total. The molecule has 1 aromatic rings. The number of hydrogen-bond acceptors (Lipinski definition) is 5. The number of benzene rings is 1. The zero-order valence-corrected chi connectivity index (χ0v) is 11.9. The predicted molar refractivity (Wildman–Crippen MR) is 73.6 cm³/mol. The van der Waals surface area contributed by atoms with Gasteiger partial charge in [0.1, 0.15) is 13.2 Å². The highest BCUT2D eigenvalue weighted by atomic mass is 32.2. The van der Waals surface area contributed by atoms with Crippen molar-refractivity contribution in [2.24, 2.45) is 0 Å². The highest BCUT2D eigenvalue weighted by Gasteiger charge is 2.21. The van der Waals surface area contributed by atoms with E-state index in [1.165, 1.54) is 25.0 Å². The fraction of sp³-hybridized carbons (Fsp3) is 0.538. The Hall–Kier alpha value is -1.31. The van der Waals surface area contributed by atoms with Gasteiger partial charge in [-0.25, -0.2) is 13.1 Å². The van der Waals surface area contributed by atoms with Crippen LogP contribution in [0.2, 0.25) is 0 Å². The zero-order chi connectivity index (χ0) is 14.0. The lowest BCUT2D eigenvalue weighted by atomic mass is 10.3. The molecule has 1 aromatic carbocycles. The Balaban J connectivity index is 1.63. The molecule has 0 unspecified atom stereocenters. The first kappa shape index (κ1) is 13.7. The van der Waals surface area contributed by atoms with Gasteiger partial charge in [0.15, 0.2) is 11.5 Å².